The molecule has 0 aromatic heterocycles. The van der Waals surface area contributed by atoms with Crippen LogP contribution in [0.1, 0.15) is 52.9 Å². The first-order valence-corrected chi connectivity index (χ1v) is 4.53. The first-order chi connectivity index (χ1) is 4.85. The van der Waals surface area contributed by atoms with Crippen LogP contribution in [0.25, 0.3) is 0 Å². The zero-order valence-electron chi connectivity index (χ0n) is 7.61. The molecular formula is C10H20. The van der Waals surface area contributed by atoms with Gasteiger partial charge in [0.05, 0.1) is 0 Å². The highest BCUT2D eigenvalue weighted by Crippen LogP contribution is 2.10. The molecule has 0 amide bonds. The van der Waals surface area contributed by atoms with E-state index in [2.05, 4.69) is 26.8 Å². The Bertz CT molecular complexity index is 90.2. The van der Waals surface area contributed by atoms with Gasteiger partial charge in [-0.2, -0.15) is 0 Å². The molecule has 10 heavy (non-hydrogen) atoms. The van der Waals surface area contributed by atoms with E-state index in [9.17, 15) is 0 Å². The van der Waals surface area contributed by atoms with Gasteiger partial charge in [0.1, 0.15) is 0 Å². The van der Waals surface area contributed by atoms with Gasteiger partial charge in [0.15, 0.2) is 0 Å². The minimum absolute atomic E-state index is 1.24. The molecule has 0 spiro atoms. The molecule has 0 radical (unpaired) electrons. The molecule has 0 saturated carbocycles. The highest BCUT2D eigenvalue weighted by atomic mass is 14.0. The molecule has 60 valence electrons. The van der Waals surface area contributed by atoms with E-state index < -0.39 is 0 Å². The van der Waals surface area contributed by atoms with Crippen molar-refractivity contribution in [2.45, 2.75) is 52.9 Å². The summed E-state index contributed by atoms with van der Waals surface area (Å²) in [5.74, 6) is 0. The molecule has 0 heteroatoms. The summed E-state index contributed by atoms with van der Waals surface area (Å²) >= 11 is 0. The highest BCUT2D eigenvalue weighted by molar-refractivity contribution is 5.00. The molecule has 0 aromatic rings. The maximum atomic E-state index is 2.41. The van der Waals surface area contributed by atoms with Crippen molar-refractivity contribution >= 4 is 0 Å². The van der Waals surface area contributed by atoms with Crippen LogP contribution in [-0.2, 0) is 0 Å². The van der Waals surface area contributed by atoms with Crippen molar-refractivity contribution in [1.82, 2.24) is 0 Å². The van der Waals surface area contributed by atoms with Crippen molar-refractivity contribution in [2.75, 3.05) is 0 Å². The van der Waals surface area contributed by atoms with Crippen molar-refractivity contribution in [2.24, 2.45) is 0 Å². The molecule has 0 rings (SSSR count). The van der Waals surface area contributed by atoms with Gasteiger partial charge < -0.3 is 0 Å². The van der Waals surface area contributed by atoms with Gasteiger partial charge in [-0.3, -0.25) is 0 Å². The van der Waals surface area contributed by atoms with Crippen LogP contribution < -0.4 is 0 Å². The molecule has 0 atom stereocenters. The van der Waals surface area contributed by atoms with Gasteiger partial charge in [-0.15, -0.1) is 0 Å². The Labute approximate surface area is 65.3 Å². The minimum atomic E-state index is 1.24. The zero-order chi connectivity index (χ0) is 7.82. The maximum Gasteiger partial charge on any atom is -0.0323 e. The van der Waals surface area contributed by atoms with E-state index in [1.807, 2.05) is 0 Å². The van der Waals surface area contributed by atoms with Gasteiger partial charge in [-0.25, -0.2) is 0 Å². The van der Waals surface area contributed by atoms with Gasteiger partial charge >= 0.3 is 0 Å². The molecule has 0 saturated heterocycles. The van der Waals surface area contributed by atoms with Crippen LogP contribution in [0.4, 0.5) is 0 Å². The molecule has 0 unspecified atom stereocenters. The van der Waals surface area contributed by atoms with E-state index in [0.717, 1.165) is 0 Å². The molecule has 0 fully saturated rings. The third-order valence-corrected chi connectivity index (χ3v) is 1.75. The zero-order valence-corrected chi connectivity index (χ0v) is 7.61. The van der Waals surface area contributed by atoms with Crippen molar-refractivity contribution in [3.63, 3.8) is 0 Å². The van der Waals surface area contributed by atoms with Crippen LogP contribution in [0.3, 0.4) is 0 Å². The van der Waals surface area contributed by atoms with Crippen LogP contribution in [-0.4, -0.2) is 0 Å². The Morgan fingerprint density at radius 2 is 1.80 bits per heavy atom. The summed E-state index contributed by atoms with van der Waals surface area (Å²) in [4.78, 5) is 0. The van der Waals surface area contributed by atoms with Gasteiger partial charge in [0, 0.05) is 0 Å². The second-order valence-corrected chi connectivity index (χ2v) is 2.75. The summed E-state index contributed by atoms with van der Waals surface area (Å²) in [6.07, 6.45) is 8.80. The van der Waals surface area contributed by atoms with Gasteiger partial charge in [-0.05, 0) is 19.3 Å². The van der Waals surface area contributed by atoms with Crippen molar-refractivity contribution in [3.05, 3.63) is 11.6 Å². The largest absolute Gasteiger partial charge is 0.0854 e. The van der Waals surface area contributed by atoms with E-state index in [4.69, 9.17) is 0 Å². The Morgan fingerprint density at radius 3 is 2.20 bits per heavy atom. The van der Waals surface area contributed by atoms with Crippen LogP contribution >= 0.6 is 0 Å². The summed E-state index contributed by atoms with van der Waals surface area (Å²) in [6, 6.07) is 0. The van der Waals surface area contributed by atoms with Crippen LogP contribution in [0.15, 0.2) is 11.6 Å². The van der Waals surface area contributed by atoms with Crippen molar-refractivity contribution in [1.29, 1.82) is 0 Å². The summed E-state index contributed by atoms with van der Waals surface area (Å²) in [5.41, 5.74) is 1.64. The fourth-order valence-corrected chi connectivity index (χ4v) is 1.09. The lowest BCUT2D eigenvalue weighted by molar-refractivity contribution is 0.835. The SMILES string of the molecule is CCC/C=C(\CC)CCC. The maximum absolute atomic E-state index is 2.41. The fraction of sp³-hybridized carbons (Fsp3) is 0.800. The van der Waals surface area contributed by atoms with Crippen LogP contribution in [0, 0.1) is 0 Å². The van der Waals surface area contributed by atoms with Crippen molar-refractivity contribution < 1.29 is 0 Å². The average molecular weight is 140 g/mol. The fourth-order valence-electron chi connectivity index (χ4n) is 1.09. The van der Waals surface area contributed by atoms with Crippen LogP contribution in [0.5, 0.6) is 0 Å². The second-order valence-electron chi connectivity index (χ2n) is 2.75. The Kier molecular flexibility index (Phi) is 6.68. The summed E-state index contributed by atoms with van der Waals surface area (Å²) in [6.45, 7) is 6.72. The standard InChI is InChI=1S/C10H20/c1-4-7-9-10(6-3)8-5-2/h9H,4-8H2,1-3H3/b10-9+. The monoisotopic (exact) mass is 140 g/mol. The van der Waals surface area contributed by atoms with E-state index in [0.29, 0.717) is 0 Å². The minimum Gasteiger partial charge on any atom is -0.0854 e. The Hall–Kier alpha value is -0.260. The molecular weight excluding hydrogens is 120 g/mol. The first kappa shape index (κ1) is 9.74. The number of hydrogen-bond acceptors (Lipinski definition) is 0. The third kappa shape index (κ3) is 4.60. The Morgan fingerprint density at radius 1 is 1.10 bits per heavy atom. The number of hydrogen-bond donors (Lipinski definition) is 0. The van der Waals surface area contributed by atoms with Gasteiger partial charge in [0.25, 0.3) is 0 Å². The average Bonchev–Trinajstić information content (AvgIpc) is 1.98. The predicted octanol–water partition coefficient (Wildman–Crippen LogP) is 3.92. The lowest BCUT2D eigenvalue weighted by atomic mass is 10.1. The molecule has 0 bridgehead atoms. The summed E-state index contributed by atoms with van der Waals surface area (Å²) in [7, 11) is 0. The highest BCUT2D eigenvalue weighted by Gasteiger charge is 1.89. The van der Waals surface area contributed by atoms with E-state index >= 15 is 0 Å². The third-order valence-electron chi connectivity index (χ3n) is 1.75. The Balaban J connectivity index is 3.55. The predicted molar refractivity (Wildman–Crippen MR) is 48.2 cm³/mol. The van der Waals surface area contributed by atoms with Crippen molar-refractivity contribution in [3.8, 4) is 0 Å². The molecule has 0 N–H and O–H groups in total. The summed E-state index contributed by atoms with van der Waals surface area (Å²) < 4.78 is 0. The number of allylic oxidation sites excluding steroid dienone is 2. The number of unbranched alkanes of at least 4 members (excludes halogenated alkanes) is 1. The normalized spacial score (nSPS) is 12.1. The molecule has 0 aliphatic rings. The van der Waals surface area contributed by atoms with E-state index in [-0.39, 0.29) is 0 Å². The van der Waals surface area contributed by atoms with Gasteiger partial charge in [0.2, 0.25) is 0 Å². The molecule has 0 nitrogen and oxygen atoms in total. The lowest BCUT2D eigenvalue weighted by Gasteiger charge is -2.00. The quantitative estimate of drug-likeness (QED) is 0.508. The summed E-state index contributed by atoms with van der Waals surface area (Å²) in [5, 5.41) is 0. The van der Waals surface area contributed by atoms with E-state index in [1.165, 1.54) is 32.1 Å². The van der Waals surface area contributed by atoms with E-state index in [1.54, 1.807) is 5.57 Å². The second kappa shape index (κ2) is 6.85. The first-order valence-electron chi connectivity index (χ1n) is 4.53. The molecule has 0 aliphatic carbocycles. The lowest BCUT2D eigenvalue weighted by Crippen LogP contribution is -1.79. The van der Waals surface area contributed by atoms with Crippen LogP contribution in [0.2, 0.25) is 0 Å². The van der Waals surface area contributed by atoms with Gasteiger partial charge in [-0.1, -0.05) is 45.3 Å². The number of rotatable bonds is 5. The molecule has 0 aromatic carbocycles. The molecule has 0 heterocycles. The smallest absolute Gasteiger partial charge is 0.0323 e. The molecule has 0 aliphatic heterocycles. The topological polar surface area (TPSA) is 0 Å².